The van der Waals surface area contributed by atoms with Crippen molar-refractivity contribution in [2.45, 2.75) is 50.9 Å². The van der Waals surface area contributed by atoms with E-state index in [2.05, 4.69) is 5.32 Å². The zero-order valence-corrected chi connectivity index (χ0v) is 13.5. The van der Waals surface area contributed by atoms with Gasteiger partial charge in [-0.3, -0.25) is 9.36 Å². The van der Waals surface area contributed by atoms with Gasteiger partial charge in [0, 0.05) is 19.0 Å². The lowest BCUT2D eigenvalue weighted by Crippen LogP contribution is -2.47. The molecule has 1 aromatic carbocycles. The molecule has 0 spiro atoms. The molecule has 2 atom stereocenters. The summed E-state index contributed by atoms with van der Waals surface area (Å²) in [5, 5.41) is 2.50. The fourth-order valence-electron chi connectivity index (χ4n) is 3.41. The topological polar surface area (TPSA) is 64.2 Å². The Kier molecular flexibility index (Phi) is 4.87. The van der Waals surface area contributed by atoms with Gasteiger partial charge in [0.05, 0.1) is 11.4 Å². The highest BCUT2D eigenvalue weighted by Crippen LogP contribution is 2.37. The Morgan fingerprint density at radius 3 is 2.72 bits per heavy atom. The Hall–Kier alpha value is -2.25. The molecule has 2 aromatic rings. The first-order chi connectivity index (χ1) is 11.9. The minimum absolute atomic E-state index is 0.0419. The van der Waals surface area contributed by atoms with Crippen molar-refractivity contribution in [1.82, 2.24) is 9.88 Å². The predicted octanol–water partition coefficient (Wildman–Crippen LogP) is 3.22. The number of carbonyl (C=O) groups is 1. The minimum atomic E-state index is -4.31. The molecule has 5 nitrogen and oxygen atoms in total. The third kappa shape index (κ3) is 3.88. The highest BCUT2D eigenvalue weighted by molar-refractivity contribution is 5.77. The first-order valence-electron chi connectivity index (χ1n) is 8.30. The smallest absolute Gasteiger partial charge is 0.408 e. The summed E-state index contributed by atoms with van der Waals surface area (Å²) < 4.78 is 45.6. The van der Waals surface area contributed by atoms with Gasteiger partial charge in [-0.2, -0.15) is 13.2 Å². The van der Waals surface area contributed by atoms with E-state index in [9.17, 15) is 22.8 Å². The van der Waals surface area contributed by atoms with Crippen molar-refractivity contribution in [1.29, 1.82) is 0 Å². The molecule has 1 aromatic heterocycles. The number of benzene rings is 1. The van der Waals surface area contributed by atoms with E-state index in [0.29, 0.717) is 30.4 Å². The Bertz CT molecular complexity index is 809. The van der Waals surface area contributed by atoms with Crippen molar-refractivity contribution in [2.75, 3.05) is 0 Å². The number of alkyl halides is 3. The van der Waals surface area contributed by atoms with Crippen LogP contribution in [0.5, 0.6) is 0 Å². The van der Waals surface area contributed by atoms with Crippen molar-refractivity contribution in [3.63, 3.8) is 0 Å². The Balaban J connectivity index is 1.64. The van der Waals surface area contributed by atoms with E-state index >= 15 is 0 Å². The first-order valence-corrected chi connectivity index (χ1v) is 8.30. The second-order valence-electron chi connectivity index (χ2n) is 6.34. The van der Waals surface area contributed by atoms with Crippen LogP contribution in [-0.2, 0) is 11.3 Å². The highest BCUT2D eigenvalue weighted by atomic mass is 19.4. The van der Waals surface area contributed by atoms with E-state index in [1.165, 1.54) is 4.57 Å². The molecule has 136 valence electrons. The molecule has 1 aliphatic carbocycles. The Morgan fingerprint density at radius 1 is 1.24 bits per heavy atom. The fraction of sp³-hybridized carbons (Fsp3) is 0.529. The van der Waals surface area contributed by atoms with Crippen LogP contribution in [0.3, 0.4) is 0 Å². The van der Waals surface area contributed by atoms with Crippen LogP contribution in [0.4, 0.5) is 13.2 Å². The maximum Gasteiger partial charge on any atom is 0.419 e. The number of oxazole rings is 1. The van der Waals surface area contributed by atoms with Crippen LogP contribution in [0.15, 0.2) is 33.5 Å². The maximum absolute atomic E-state index is 13.1. The maximum atomic E-state index is 13.1. The normalized spacial score (nSPS) is 21.4. The third-order valence-corrected chi connectivity index (χ3v) is 4.67. The summed E-state index contributed by atoms with van der Waals surface area (Å²) in [6, 6.07) is 5.91. The Morgan fingerprint density at radius 2 is 1.96 bits per heavy atom. The second-order valence-corrected chi connectivity index (χ2v) is 6.34. The standard InChI is InChI=1S/C17H19F3N2O3/c18-17(19,20)11-5-1-2-6-12(11)21-15(23)9-10-22-13-7-3-4-8-14(13)25-16(22)24/h3-4,7-8,11-12H,1-2,5-6,9-10H2,(H,21,23)/t11-,12+/m0/s1. The predicted molar refractivity (Wildman–Crippen MR) is 85.0 cm³/mol. The molecule has 3 rings (SSSR count). The molecule has 0 aliphatic heterocycles. The lowest BCUT2D eigenvalue weighted by molar-refractivity contribution is -0.189. The number of rotatable bonds is 4. The largest absolute Gasteiger partial charge is 0.419 e. The van der Waals surface area contributed by atoms with E-state index in [0.717, 1.165) is 0 Å². The van der Waals surface area contributed by atoms with Gasteiger partial charge < -0.3 is 9.73 Å². The summed E-state index contributed by atoms with van der Waals surface area (Å²) in [7, 11) is 0. The van der Waals surface area contributed by atoms with Crippen LogP contribution in [0.2, 0.25) is 0 Å². The summed E-state index contributed by atoms with van der Waals surface area (Å²) in [5.41, 5.74) is 0.975. The molecule has 1 amide bonds. The molecule has 0 unspecified atom stereocenters. The van der Waals surface area contributed by atoms with Gasteiger partial charge in [0.25, 0.3) is 0 Å². The summed E-state index contributed by atoms with van der Waals surface area (Å²) >= 11 is 0. The number of nitrogens with one attached hydrogen (secondary N) is 1. The molecule has 0 saturated heterocycles. The molecular formula is C17H19F3N2O3. The van der Waals surface area contributed by atoms with E-state index in [1.54, 1.807) is 24.3 Å². The molecule has 0 bridgehead atoms. The van der Waals surface area contributed by atoms with Crippen LogP contribution in [0.1, 0.15) is 32.1 Å². The van der Waals surface area contributed by atoms with Crippen LogP contribution in [0, 0.1) is 5.92 Å². The van der Waals surface area contributed by atoms with E-state index in [4.69, 9.17) is 4.42 Å². The summed E-state index contributed by atoms with van der Waals surface area (Å²) in [6.45, 7) is 0.0606. The third-order valence-electron chi connectivity index (χ3n) is 4.67. The average molecular weight is 356 g/mol. The van der Waals surface area contributed by atoms with Gasteiger partial charge in [-0.05, 0) is 25.0 Å². The molecule has 1 aliphatic rings. The summed E-state index contributed by atoms with van der Waals surface area (Å²) in [6.07, 6.45) is -2.83. The lowest BCUT2D eigenvalue weighted by atomic mass is 9.84. The second kappa shape index (κ2) is 6.93. The van der Waals surface area contributed by atoms with E-state index in [-0.39, 0.29) is 19.4 Å². The molecule has 1 saturated carbocycles. The molecule has 1 N–H and O–H groups in total. The van der Waals surface area contributed by atoms with Crippen molar-refractivity contribution in [3.8, 4) is 0 Å². The SMILES string of the molecule is O=C(CCn1c(=O)oc2ccccc21)N[C@@H]1CCCC[C@@H]1C(F)(F)F. The number of hydrogen-bond acceptors (Lipinski definition) is 3. The van der Waals surface area contributed by atoms with Crippen molar-refractivity contribution in [3.05, 3.63) is 34.8 Å². The number of carbonyl (C=O) groups excluding carboxylic acids is 1. The van der Waals surface area contributed by atoms with Crippen LogP contribution < -0.4 is 11.1 Å². The van der Waals surface area contributed by atoms with Crippen molar-refractivity contribution in [2.24, 2.45) is 5.92 Å². The van der Waals surface area contributed by atoms with Crippen molar-refractivity contribution < 1.29 is 22.4 Å². The van der Waals surface area contributed by atoms with Gasteiger partial charge in [0.2, 0.25) is 5.91 Å². The van der Waals surface area contributed by atoms with Gasteiger partial charge >= 0.3 is 11.9 Å². The van der Waals surface area contributed by atoms with Crippen LogP contribution in [-0.4, -0.2) is 22.7 Å². The van der Waals surface area contributed by atoms with Crippen LogP contribution in [0.25, 0.3) is 11.1 Å². The number of fused-ring (bicyclic) bond motifs is 1. The van der Waals surface area contributed by atoms with Crippen molar-refractivity contribution >= 4 is 17.0 Å². The zero-order valence-electron chi connectivity index (χ0n) is 13.5. The first kappa shape index (κ1) is 17.6. The lowest BCUT2D eigenvalue weighted by Gasteiger charge is -2.33. The molecule has 25 heavy (non-hydrogen) atoms. The quantitative estimate of drug-likeness (QED) is 0.915. The van der Waals surface area contributed by atoms with Gasteiger partial charge in [-0.25, -0.2) is 4.79 Å². The van der Waals surface area contributed by atoms with Gasteiger partial charge in [-0.15, -0.1) is 0 Å². The molecule has 1 heterocycles. The number of para-hydroxylation sites is 2. The van der Waals surface area contributed by atoms with E-state index < -0.39 is 29.8 Å². The number of nitrogens with zero attached hydrogens (tertiary/aromatic N) is 1. The number of aryl methyl sites for hydroxylation is 1. The highest BCUT2D eigenvalue weighted by Gasteiger charge is 2.45. The summed E-state index contributed by atoms with van der Waals surface area (Å²) in [4.78, 5) is 23.9. The van der Waals surface area contributed by atoms with Gasteiger partial charge in [-0.1, -0.05) is 25.0 Å². The zero-order chi connectivity index (χ0) is 18.0. The molecule has 1 fully saturated rings. The molecular weight excluding hydrogens is 337 g/mol. The monoisotopic (exact) mass is 356 g/mol. The van der Waals surface area contributed by atoms with E-state index in [1.807, 2.05) is 0 Å². The van der Waals surface area contributed by atoms with Gasteiger partial charge in [0.15, 0.2) is 5.58 Å². The number of amides is 1. The summed E-state index contributed by atoms with van der Waals surface area (Å²) in [5.74, 6) is -2.57. The number of hydrogen-bond donors (Lipinski definition) is 1. The average Bonchev–Trinajstić information content (AvgIpc) is 2.87. The fourth-order valence-corrected chi connectivity index (χ4v) is 3.41. The minimum Gasteiger partial charge on any atom is -0.408 e. The molecule has 8 heteroatoms. The number of halogens is 3. The van der Waals surface area contributed by atoms with Crippen LogP contribution >= 0.6 is 0 Å². The Labute approximate surface area is 141 Å². The molecule has 0 radical (unpaired) electrons. The van der Waals surface area contributed by atoms with Gasteiger partial charge in [0.1, 0.15) is 0 Å². The number of aromatic nitrogens is 1.